The Hall–Kier alpha value is -6.36. The quantitative estimate of drug-likeness (QED) is 0.0901. The summed E-state index contributed by atoms with van der Waals surface area (Å²) >= 11 is 0. The van der Waals surface area contributed by atoms with Crippen LogP contribution >= 0.6 is 0 Å². The smallest absolute Gasteiger partial charge is 0.213 e. The van der Waals surface area contributed by atoms with E-state index in [1.54, 1.807) is 123 Å². The van der Waals surface area contributed by atoms with Gasteiger partial charge in [0.05, 0.1) is 65.4 Å². The van der Waals surface area contributed by atoms with E-state index in [9.17, 15) is 27.0 Å². The molecule has 2 N–H and O–H groups in total. The molecule has 0 saturated carbocycles. The zero-order valence-corrected chi connectivity index (χ0v) is 43.7. The van der Waals surface area contributed by atoms with E-state index in [-0.39, 0.29) is 30.7 Å². The van der Waals surface area contributed by atoms with Gasteiger partial charge < -0.3 is 38.6 Å². The average Bonchev–Trinajstić information content (AvgIpc) is 3.94. The number of benzene rings is 2. The van der Waals surface area contributed by atoms with Gasteiger partial charge in [-0.3, -0.25) is 9.13 Å². The fourth-order valence-electron chi connectivity index (χ4n) is 7.46. The number of pyridine rings is 2. The van der Waals surface area contributed by atoms with Gasteiger partial charge in [0.25, 0.3) is 0 Å². The molecule has 0 aliphatic heterocycles. The number of aliphatic hydroxyl groups is 2. The molecule has 0 aliphatic rings. The van der Waals surface area contributed by atoms with E-state index in [2.05, 4.69) is 30.4 Å². The maximum absolute atomic E-state index is 13.4. The zero-order chi connectivity index (χ0) is 51.9. The Kier molecular flexibility index (Phi) is 18.7. The number of hydrogen-bond acceptors (Lipinski definition) is 18. The summed E-state index contributed by atoms with van der Waals surface area (Å²) < 4.78 is 89.5. The van der Waals surface area contributed by atoms with E-state index >= 15 is 0 Å². The summed E-state index contributed by atoms with van der Waals surface area (Å²) in [4.78, 5) is 8.89. The molecular weight excluding hydrogens is 957 g/mol. The van der Waals surface area contributed by atoms with Crippen molar-refractivity contribution in [3.05, 3.63) is 84.4 Å². The predicted molar refractivity (Wildman–Crippen MR) is 270 cm³/mol. The van der Waals surface area contributed by atoms with Gasteiger partial charge in [-0.05, 0) is 61.1 Å². The minimum atomic E-state index is -3.85. The number of hydrogen-bond donors (Lipinski definition) is 2. The number of rotatable bonds is 18. The van der Waals surface area contributed by atoms with Gasteiger partial charge in [-0.15, -0.1) is 20.4 Å². The van der Waals surface area contributed by atoms with E-state index < -0.39 is 64.7 Å². The van der Waals surface area contributed by atoms with Gasteiger partial charge in [-0.1, -0.05) is 73.2 Å². The number of methoxy groups -OCH3 is 6. The summed E-state index contributed by atoms with van der Waals surface area (Å²) in [6.45, 7) is 13.7. The highest BCUT2D eigenvalue weighted by atomic mass is 32.2. The van der Waals surface area contributed by atoms with Crippen LogP contribution in [-0.4, -0.2) is 132 Å². The normalized spacial score (nSPS) is 13.6. The van der Waals surface area contributed by atoms with Crippen LogP contribution in [0.4, 0.5) is 0 Å². The first kappa shape index (κ1) is 57.2. The number of aliphatic hydroxyl groups excluding tert-OH is 2. The molecule has 4 heterocycles. The average molecular weight is 1030 g/mol. The van der Waals surface area contributed by atoms with Gasteiger partial charge in [0, 0.05) is 12.1 Å². The van der Waals surface area contributed by atoms with Crippen molar-refractivity contribution in [3.63, 3.8) is 0 Å². The van der Waals surface area contributed by atoms with Crippen LogP contribution in [0, 0.1) is 10.8 Å². The highest BCUT2D eigenvalue weighted by Gasteiger charge is 2.39. The Morgan fingerprint density at radius 3 is 1.06 bits per heavy atom. The molecule has 0 fully saturated rings. The van der Waals surface area contributed by atoms with Crippen molar-refractivity contribution in [1.29, 1.82) is 0 Å². The predicted octanol–water partition coefficient (Wildman–Crippen LogP) is 6.77. The highest BCUT2D eigenvalue weighted by molar-refractivity contribution is 7.91. The molecule has 0 saturated heterocycles. The number of para-hydroxylation sites is 2. The summed E-state index contributed by atoms with van der Waals surface area (Å²) in [6.07, 6.45) is -2.16. The monoisotopic (exact) mass is 1020 g/mol. The first-order chi connectivity index (χ1) is 32.9. The molecule has 2 aromatic carbocycles. The minimum Gasteiger partial charge on any atom is -0.494 e. The second-order valence-electron chi connectivity index (χ2n) is 18.3. The maximum atomic E-state index is 13.4. The maximum Gasteiger partial charge on any atom is 0.213 e. The van der Waals surface area contributed by atoms with Gasteiger partial charge in [0.1, 0.15) is 57.3 Å². The van der Waals surface area contributed by atoms with Crippen molar-refractivity contribution in [2.24, 2.45) is 10.8 Å². The molecule has 22 heteroatoms. The molecule has 0 radical (unpaired) electrons. The number of sulfone groups is 2. The lowest BCUT2D eigenvalue weighted by Gasteiger charge is -2.30. The molecular formula is C49H68N8O12S2. The molecule has 0 unspecified atom stereocenters. The molecule has 6 aromatic rings. The summed E-state index contributed by atoms with van der Waals surface area (Å²) in [6, 6.07) is 20.7. The molecule has 71 heavy (non-hydrogen) atoms. The Balaban J connectivity index is 0.000000304. The Bertz CT molecular complexity index is 2720. The van der Waals surface area contributed by atoms with Gasteiger partial charge in [0.15, 0.2) is 43.0 Å². The van der Waals surface area contributed by atoms with Crippen LogP contribution in [0.15, 0.2) is 72.8 Å². The molecule has 0 aliphatic carbocycles. The zero-order valence-electron chi connectivity index (χ0n) is 42.0. The second-order valence-corrected chi connectivity index (χ2v) is 23.1. The van der Waals surface area contributed by atoms with Crippen LogP contribution in [0.1, 0.15) is 74.5 Å². The lowest BCUT2D eigenvalue weighted by molar-refractivity contribution is 0.0625. The van der Waals surface area contributed by atoms with Gasteiger partial charge >= 0.3 is 0 Å². The van der Waals surface area contributed by atoms with E-state index in [4.69, 9.17) is 28.4 Å². The van der Waals surface area contributed by atoms with Crippen molar-refractivity contribution in [3.8, 4) is 69.2 Å². The Labute approximate surface area is 417 Å². The topological polar surface area (TPSA) is 251 Å². The SMILES string of the molecule is C.COc1cccc(-c2nnc(CS(=O)(=O)[C@@H](C)[C@H](O)C(C)(C)C)n2-c2c(OC)cccc2OC)n1.COc1cccc(-c2nnc(CS(=O)(=O)[C@H](C)[C@@H](O)C(C)(C)C)n2-c2c(OC)cccc2OC)n1. The van der Waals surface area contributed by atoms with Crippen molar-refractivity contribution < 1.29 is 55.5 Å². The van der Waals surface area contributed by atoms with Crippen molar-refractivity contribution in [2.45, 2.75) is 97.0 Å². The molecule has 0 bridgehead atoms. The van der Waals surface area contributed by atoms with Crippen molar-refractivity contribution in [2.75, 3.05) is 42.7 Å². The molecule has 4 atom stereocenters. The lowest BCUT2D eigenvalue weighted by Crippen LogP contribution is -2.41. The third-order valence-corrected chi connectivity index (χ3v) is 15.6. The van der Waals surface area contributed by atoms with Crippen LogP contribution < -0.4 is 28.4 Å². The molecule has 6 rings (SSSR count). The molecule has 20 nitrogen and oxygen atoms in total. The Morgan fingerprint density at radius 1 is 0.493 bits per heavy atom. The fraction of sp³-hybridized carbons (Fsp3) is 0.469. The van der Waals surface area contributed by atoms with Crippen LogP contribution in [0.25, 0.3) is 34.4 Å². The minimum absolute atomic E-state index is 0. The Morgan fingerprint density at radius 2 is 0.789 bits per heavy atom. The molecule has 4 aromatic heterocycles. The van der Waals surface area contributed by atoms with Crippen LogP contribution in [0.5, 0.6) is 34.8 Å². The largest absolute Gasteiger partial charge is 0.494 e. The molecule has 0 amide bonds. The molecule has 388 valence electrons. The van der Waals surface area contributed by atoms with Crippen LogP contribution in [0.3, 0.4) is 0 Å². The lowest BCUT2D eigenvalue weighted by atomic mass is 9.87. The summed E-state index contributed by atoms with van der Waals surface area (Å²) in [5, 5.41) is 36.3. The standard InChI is InChI=1S/2C24H32N4O6S.CH4/c2*1-15(22(29)24(2,3)4)35(30,31)14-19-26-27-23(16-10-8-13-20(25-16)34-7)28(19)21-17(32-5)11-9-12-18(21)33-6;/h2*8-13,15,22,29H,14H2,1-7H3;1H4/t2*15-,22-;/m10./s1. The van der Waals surface area contributed by atoms with E-state index in [1.165, 1.54) is 56.5 Å². The van der Waals surface area contributed by atoms with Gasteiger partial charge in [0.2, 0.25) is 11.8 Å². The van der Waals surface area contributed by atoms with Crippen molar-refractivity contribution >= 4 is 19.7 Å². The van der Waals surface area contributed by atoms with Crippen LogP contribution in [0.2, 0.25) is 0 Å². The fourth-order valence-corrected chi connectivity index (χ4v) is 10.7. The first-order valence-corrected chi connectivity index (χ1v) is 25.4. The molecule has 0 spiro atoms. The van der Waals surface area contributed by atoms with E-state index in [0.29, 0.717) is 57.5 Å². The van der Waals surface area contributed by atoms with Gasteiger partial charge in [-0.25, -0.2) is 26.8 Å². The number of ether oxygens (including phenoxy) is 6. The summed E-state index contributed by atoms with van der Waals surface area (Å²) in [7, 11) is 1.32. The second kappa shape index (κ2) is 23.2. The third kappa shape index (κ3) is 12.8. The van der Waals surface area contributed by atoms with E-state index in [0.717, 1.165) is 0 Å². The summed E-state index contributed by atoms with van der Waals surface area (Å²) in [5.74, 6) is 2.29. The van der Waals surface area contributed by atoms with E-state index in [1.807, 2.05) is 0 Å². The van der Waals surface area contributed by atoms with Crippen molar-refractivity contribution in [1.82, 2.24) is 39.5 Å². The third-order valence-electron chi connectivity index (χ3n) is 11.5. The first-order valence-electron chi connectivity index (χ1n) is 22.0. The highest BCUT2D eigenvalue weighted by Crippen LogP contribution is 2.39. The number of nitrogens with zero attached hydrogens (tertiary/aromatic N) is 8. The van der Waals surface area contributed by atoms with Gasteiger partial charge in [-0.2, -0.15) is 0 Å². The van der Waals surface area contributed by atoms with Crippen LogP contribution in [-0.2, 0) is 31.2 Å². The summed E-state index contributed by atoms with van der Waals surface area (Å²) in [5.41, 5.74) is 0.434. The number of aromatic nitrogens is 8.